The fourth-order valence-electron chi connectivity index (χ4n) is 7.21. The van der Waals surface area contributed by atoms with E-state index in [9.17, 15) is 39.3 Å². The van der Waals surface area contributed by atoms with E-state index in [1.165, 1.54) is 23.3 Å². The van der Waals surface area contributed by atoms with Crippen LogP contribution in [0.4, 0.5) is 22.7 Å². The number of H-pyrrole nitrogens is 2. The predicted octanol–water partition coefficient (Wildman–Crippen LogP) is 10.1. The maximum absolute atomic E-state index is 12.1. The first-order valence-corrected chi connectivity index (χ1v) is 25.1. The van der Waals surface area contributed by atoms with Gasteiger partial charge in [-0.1, -0.05) is 93.6 Å². The first-order chi connectivity index (χ1) is 32.9. The van der Waals surface area contributed by atoms with Crippen LogP contribution in [0.25, 0.3) is 11.6 Å². The Morgan fingerprint density at radius 2 is 1.24 bits per heavy atom. The van der Waals surface area contributed by atoms with Crippen LogP contribution in [0.1, 0.15) is 81.7 Å². The van der Waals surface area contributed by atoms with Gasteiger partial charge in [0.15, 0.2) is 6.29 Å². The van der Waals surface area contributed by atoms with Crippen molar-refractivity contribution < 1.29 is 48.9 Å². The van der Waals surface area contributed by atoms with Crippen LogP contribution in [0.3, 0.4) is 0 Å². The molecule has 0 saturated carbocycles. The number of carboxylic acids is 1. The number of nitrogens with zero attached hydrogens (tertiary/aromatic N) is 4. The molecule has 9 rings (SSSR count). The maximum atomic E-state index is 12.1. The Hall–Kier alpha value is -7.77. The number of anilines is 3. The van der Waals surface area contributed by atoms with Gasteiger partial charge in [-0.3, -0.25) is 44.5 Å². The van der Waals surface area contributed by atoms with Crippen molar-refractivity contribution in [3.63, 3.8) is 0 Å². The van der Waals surface area contributed by atoms with Crippen LogP contribution in [0.5, 0.6) is 0 Å². The molecule has 3 aliphatic rings. The molecule has 3 aliphatic heterocycles. The van der Waals surface area contributed by atoms with Crippen LogP contribution in [0.2, 0.25) is 18.1 Å². The summed E-state index contributed by atoms with van der Waals surface area (Å²) in [6.07, 6.45) is 3.07. The summed E-state index contributed by atoms with van der Waals surface area (Å²) in [5.74, 6) is -1.69. The molecule has 366 valence electrons. The number of carbonyl (C=O) groups excluding carboxylic acids is 4. The molecule has 0 spiro atoms. The van der Waals surface area contributed by atoms with Gasteiger partial charge in [-0.25, -0.2) is 0 Å². The zero-order valence-corrected chi connectivity index (χ0v) is 41.6. The van der Waals surface area contributed by atoms with Crippen LogP contribution in [0.15, 0.2) is 109 Å². The fourth-order valence-corrected chi connectivity index (χ4v) is 8.14. The smallest absolute Gasteiger partial charge is 0.308 e. The Labute approximate surface area is 406 Å². The highest BCUT2D eigenvalue weighted by Gasteiger charge is 2.43. The molecule has 0 atom stereocenters. The lowest BCUT2D eigenvalue weighted by molar-refractivity contribution is -0.385. The van der Waals surface area contributed by atoms with Crippen molar-refractivity contribution in [3.8, 4) is 0 Å². The molecule has 0 fully saturated rings. The number of hydrogen-bond acceptors (Lipinski definition) is 10. The number of hydrogen-bond donors (Lipinski definition) is 5. The fraction of sp³-hybridized carbons (Fsp3) is 0.250. The molecule has 18 heteroatoms. The standard InChI is InChI=1S/C15H14N2O2.C14H21NO2Si.C8H7NO4.C8H7NO2.C7H9NO/c1-9-7-10(2)16-13(9)8-12-11-5-3-4-6-14(11)17(19)15(12)18;1-14(2,3)18(4,5)17-15-12-9-7-6-8-11(12)10-13(15)16;10-8(11)5-6-3-1-2-4-7(6)9(12)13;10-8-5-6-3-1-2-4-7(6)9(8)11;1-5-3-6(2)8-7(5)4-9/h3-8,16,19H,1-2H3;6-9H,10H2,1-5H3;1-4H,5H2,(H,10,11);1-4,11H,5H2;3-4,8H,1-2H3/b12-8-;;;;. The van der Waals surface area contributed by atoms with E-state index >= 15 is 0 Å². The summed E-state index contributed by atoms with van der Waals surface area (Å²) in [5, 5.41) is 40.8. The van der Waals surface area contributed by atoms with Crippen molar-refractivity contribution in [1.82, 2.24) is 9.97 Å². The number of aromatic amines is 2. The number of nitrogens with one attached hydrogen (secondary N) is 2. The lowest BCUT2D eigenvalue weighted by Gasteiger charge is -2.38. The van der Waals surface area contributed by atoms with Crippen molar-refractivity contribution >= 4 is 72.7 Å². The highest BCUT2D eigenvalue weighted by Crippen LogP contribution is 2.40. The van der Waals surface area contributed by atoms with Crippen LogP contribution < -0.4 is 15.2 Å². The second-order valence-electron chi connectivity index (χ2n) is 18.2. The van der Waals surface area contributed by atoms with Crippen molar-refractivity contribution in [3.05, 3.63) is 175 Å². The van der Waals surface area contributed by atoms with Gasteiger partial charge in [0.05, 0.1) is 52.5 Å². The SMILES string of the molecule is CC(C)(C)[Si](C)(C)ON1C(=O)Cc2ccccc21.Cc1cc(C)c(/C=C2\C(=O)N(O)c3ccccc32)[nH]1.Cc1cc(C)c(C=O)[nH]1.O=C(O)Cc1ccccc1[N+](=O)[O-].O=C1Cc2ccccc2N1O. The van der Waals surface area contributed by atoms with Crippen molar-refractivity contribution in [1.29, 1.82) is 0 Å². The van der Waals surface area contributed by atoms with E-state index in [0.29, 0.717) is 45.6 Å². The third-order valence-corrected chi connectivity index (χ3v) is 16.1. The van der Waals surface area contributed by atoms with Gasteiger partial charge in [-0.2, -0.15) is 15.2 Å². The van der Waals surface area contributed by atoms with Crippen molar-refractivity contribution in [2.45, 2.75) is 85.9 Å². The lowest BCUT2D eigenvalue weighted by Crippen LogP contribution is -2.47. The van der Waals surface area contributed by atoms with Gasteiger partial charge < -0.3 is 19.6 Å². The topological polar surface area (TPSA) is 240 Å². The molecule has 70 heavy (non-hydrogen) atoms. The number of carbonyl (C=O) groups is 5. The highest BCUT2D eigenvalue weighted by molar-refractivity contribution is 6.74. The number of nitro groups is 1. The van der Waals surface area contributed by atoms with Gasteiger partial charge in [0, 0.05) is 34.3 Å². The molecule has 0 aliphatic carbocycles. The van der Waals surface area contributed by atoms with E-state index in [1.807, 2.05) is 88.4 Å². The number of benzene rings is 4. The Morgan fingerprint density at radius 3 is 1.76 bits per heavy atom. The largest absolute Gasteiger partial charge is 0.481 e. The summed E-state index contributed by atoms with van der Waals surface area (Å²) in [7, 11) is -1.98. The molecule has 2 aromatic heterocycles. The van der Waals surface area contributed by atoms with Crippen LogP contribution in [0, 0.1) is 37.8 Å². The lowest BCUT2D eigenvalue weighted by atomic mass is 10.1. The molecule has 0 bridgehead atoms. The maximum Gasteiger partial charge on any atom is 0.308 e. The minimum Gasteiger partial charge on any atom is -0.481 e. The molecular weight excluding hydrogens is 913 g/mol. The first-order valence-electron chi connectivity index (χ1n) is 22.2. The van der Waals surface area contributed by atoms with Gasteiger partial charge >= 0.3 is 5.97 Å². The second kappa shape index (κ2) is 22.6. The third kappa shape index (κ3) is 12.8. The average Bonchev–Trinajstić information content (AvgIpc) is 4.06. The zero-order valence-electron chi connectivity index (χ0n) is 40.6. The number of nitro benzene ring substituents is 1. The molecular formula is C52H58N6O11Si. The number of aryl methyl sites for hydroxylation is 4. The molecule has 5 N–H and O–H groups in total. The summed E-state index contributed by atoms with van der Waals surface area (Å²) >= 11 is 0. The summed E-state index contributed by atoms with van der Waals surface area (Å²) in [6, 6.07) is 32.0. The monoisotopic (exact) mass is 970 g/mol. The van der Waals surface area contributed by atoms with Gasteiger partial charge in [0.2, 0.25) is 8.32 Å². The zero-order chi connectivity index (χ0) is 51.7. The molecule has 5 heterocycles. The number of rotatable bonds is 7. The molecule has 3 amide bonds. The number of fused-ring (bicyclic) bond motifs is 3. The summed E-state index contributed by atoms with van der Waals surface area (Å²) < 4.78 is 6.12. The van der Waals surface area contributed by atoms with Gasteiger partial charge in [-0.15, -0.1) is 0 Å². The highest BCUT2D eigenvalue weighted by atomic mass is 28.4. The number of para-hydroxylation sites is 4. The average molecular weight is 971 g/mol. The van der Waals surface area contributed by atoms with E-state index in [2.05, 4.69) is 43.8 Å². The Balaban J connectivity index is 0.000000167. The molecule has 17 nitrogen and oxygen atoms in total. The minimum atomic E-state index is -1.98. The predicted molar refractivity (Wildman–Crippen MR) is 269 cm³/mol. The third-order valence-electron chi connectivity index (χ3n) is 11.9. The Kier molecular flexibility index (Phi) is 17.1. The first kappa shape index (κ1) is 53.2. The Bertz CT molecular complexity index is 2950. The van der Waals surface area contributed by atoms with Crippen molar-refractivity contribution in [2.75, 3.05) is 15.2 Å². The van der Waals surface area contributed by atoms with E-state index in [4.69, 9.17) is 14.8 Å². The minimum absolute atomic E-state index is 0.0426. The second-order valence-corrected chi connectivity index (χ2v) is 22.9. The summed E-state index contributed by atoms with van der Waals surface area (Å²) in [5.41, 5.74) is 11.1. The number of carboxylic acid groups (broad SMARTS) is 1. The number of amides is 3. The van der Waals surface area contributed by atoms with Crippen LogP contribution in [-0.4, -0.2) is 68.7 Å². The van der Waals surface area contributed by atoms with E-state index in [1.54, 1.807) is 36.4 Å². The van der Waals surface area contributed by atoms with Crippen LogP contribution in [-0.2, 0) is 43.0 Å². The summed E-state index contributed by atoms with van der Waals surface area (Å²) in [4.78, 5) is 71.5. The van der Waals surface area contributed by atoms with Gasteiger partial charge in [-0.05, 0) is 104 Å². The van der Waals surface area contributed by atoms with Gasteiger partial charge in [0.1, 0.15) is 0 Å². The molecule has 6 aromatic rings. The molecule has 4 aromatic carbocycles. The van der Waals surface area contributed by atoms with Crippen molar-refractivity contribution in [2.24, 2.45) is 0 Å². The van der Waals surface area contributed by atoms with Crippen LogP contribution >= 0.6 is 0 Å². The molecule has 0 unspecified atom stereocenters. The number of aliphatic carboxylic acids is 1. The van der Waals surface area contributed by atoms with E-state index in [0.717, 1.165) is 56.9 Å². The number of aldehydes is 1. The van der Waals surface area contributed by atoms with E-state index < -0.39 is 25.1 Å². The van der Waals surface area contributed by atoms with E-state index in [-0.39, 0.29) is 34.5 Å². The number of aromatic nitrogens is 2. The molecule has 0 saturated heterocycles. The molecule has 0 radical (unpaired) electrons. The van der Waals surface area contributed by atoms with Gasteiger partial charge in [0.25, 0.3) is 23.4 Å². The normalized spacial score (nSPS) is 14.0. The quantitative estimate of drug-likeness (QED) is 0.0252. The summed E-state index contributed by atoms with van der Waals surface area (Å²) in [6.45, 7) is 18.6. The number of hydroxylamine groups is 3. The Morgan fingerprint density at radius 1 is 0.743 bits per heavy atom.